The Morgan fingerprint density at radius 1 is 0.590 bits per heavy atom. The summed E-state index contributed by atoms with van der Waals surface area (Å²) in [6.07, 6.45) is 6.84. The summed E-state index contributed by atoms with van der Waals surface area (Å²) in [5.41, 5.74) is 2.83. The zero-order valence-corrected chi connectivity index (χ0v) is 23.1. The molecule has 0 amide bonds. The fourth-order valence-electron chi connectivity index (χ4n) is 3.86. The Hall–Kier alpha value is -4.79. The van der Waals surface area contributed by atoms with Crippen LogP contribution in [0.25, 0.3) is 12.2 Å². The number of anilines is 1. The summed E-state index contributed by atoms with van der Waals surface area (Å²) in [6, 6.07) is 12.6. The van der Waals surface area contributed by atoms with Gasteiger partial charge in [-0.25, -0.2) is 0 Å². The third-order valence-electron chi connectivity index (χ3n) is 5.80. The van der Waals surface area contributed by atoms with Crippen LogP contribution in [0.2, 0.25) is 0 Å². The van der Waals surface area contributed by atoms with Crippen LogP contribution in [0.1, 0.15) is 21.5 Å². The average molecular weight is 536 g/mol. The fraction of sp³-hybridized carbons (Fsp3) is 0.233. The molecule has 0 aliphatic carbocycles. The average Bonchev–Trinajstić information content (AvgIpc) is 2.98. The van der Waals surface area contributed by atoms with E-state index in [4.69, 9.17) is 33.2 Å². The summed E-state index contributed by atoms with van der Waals surface area (Å²) in [7, 11) is 10.8. The maximum atomic E-state index is 12.9. The van der Waals surface area contributed by atoms with Crippen LogP contribution in [0.4, 0.5) is 5.69 Å². The summed E-state index contributed by atoms with van der Waals surface area (Å²) in [5.74, 6) is 3.24. The van der Waals surface area contributed by atoms with Crippen LogP contribution < -0.4 is 38.5 Å². The Morgan fingerprint density at radius 3 is 1.56 bits per heavy atom. The predicted octanol–water partition coefficient (Wildman–Crippen LogP) is 5.73. The molecule has 0 saturated heterocycles. The van der Waals surface area contributed by atoms with Crippen molar-refractivity contribution in [3.05, 3.63) is 71.4 Å². The second-order valence-corrected chi connectivity index (χ2v) is 8.01. The molecule has 0 aliphatic rings. The van der Waals surface area contributed by atoms with Crippen molar-refractivity contribution in [3.63, 3.8) is 0 Å². The summed E-state index contributed by atoms with van der Waals surface area (Å²) in [6.45, 7) is 0. The number of nitrogens with one attached hydrogen (secondary N) is 1. The topological polar surface area (TPSA) is 93.7 Å². The van der Waals surface area contributed by atoms with Gasteiger partial charge < -0.3 is 38.5 Å². The predicted molar refractivity (Wildman–Crippen MR) is 151 cm³/mol. The molecule has 3 rings (SSSR count). The minimum absolute atomic E-state index is 0.251. The number of allylic oxidation sites excluding steroid dienone is 1. The Labute approximate surface area is 228 Å². The van der Waals surface area contributed by atoms with Crippen LogP contribution >= 0.6 is 0 Å². The molecule has 0 heterocycles. The van der Waals surface area contributed by atoms with Gasteiger partial charge in [-0.3, -0.25) is 4.79 Å². The SMILES string of the molecule is COc1ccc(C=Cc2cc(OC)c(OC)c(OC)c2)cc1NC=CC(=O)c1cc(OC)c(OC)c(OC)c1. The number of rotatable bonds is 13. The molecule has 0 aromatic heterocycles. The number of benzene rings is 3. The molecule has 206 valence electrons. The van der Waals surface area contributed by atoms with E-state index in [0.29, 0.717) is 51.5 Å². The number of hydrogen-bond donors (Lipinski definition) is 1. The Balaban J connectivity index is 1.82. The Morgan fingerprint density at radius 2 is 1.08 bits per heavy atom. The highest BCUT2D eigenvalue weighted by Gasteiger charge is 2.16. The van der Waals surface area contributed by atoms with Crippen LogP contribution in [-0.2, 0) is 0 Å². The van der Waals surface area contributed by atoms with E-state index in [-0.39, 0.29) is 5.78 Å². The van der Waals surface area contributed by atoms with Crippen molar-refractivity contribution in [1.82, 2.24) is 0 Å². The molecule has 39 heavy (non-hydrogen) atoms. The first-order valence-electron chi connectivity index (χ1n) is 11.9. The van der Waals surface area contributed by atoms with Crippen LogP contribution in [0, 0.1) is 0 Å². The highest BCUT2D eigenvalue weighted by atomic mass is 16.5. The lowest BCUT2D eigenvalue weighted by Crippen LogP contribution is -2.01. The molecule has 0 unspecified atom stereocenters. The van der Waals surface area contributed by atoms with Crippen molar-refractivity contribution in [2.24, 2.45) is 0 Å². The molecule has 3 aromatic rings. The standard InChI is InChI=1S/C30H33NO8/c1-33-24-11-10-19(8-9-20-15-25(34-2)29(38-6)26(16-20)35-3)14-22(24)31-13-12-23(32)21-17-27(36-4)30(39-7)28(18-21)37-5/h8-18,31H,1-7H3. The fourth-order valence-corrected chi connectivity index (χ4v) is 3.86. The smallest absolute Gasteiger partial charge is 0.203 e. The highest BCUT2D eigenvalue weighted by molar-refractivity contribution is 6.05. The first-order valence-corrected chi connectivity index (χ1v) is 11.9. The molecule has 0 fully saturated rings. The van der Waals surface area contributed by atoms with E-state index in [1.165, 1.54) is 27.4 Å². The van der Waals surface area contributed by atoms with Crippen LogP contribution in [-0.4, -0.2) is 55.6 Å². The molecule has 9 nitrogen and oxygen atoms in total. The van der Waals surface area contributed by atoms with Crippen molar-refractivity contribution in [1.29, 1.82) is 0 Å². The van der Waals surface area contributed by atoms with Crippen LogP contribution in [0.5, 0.6) is 40.2 Å². The zero-order valence-electron chi connectivity index (χ0n) is 23.1. The number of hydrogen-bond acceptors (Lipinski definition) is 9. The van der Waals surface area contributed by atoms with Gasteiger partial charge in [-0.05, 0) is 47.5 Å². The van der Waals surface area contributed by atoms with Gasteiger partial charge in [0.25, 0.3) is 0 Å². The minimum Gasteiger partial charge on any atom is -0.495 e. The molecule has 0 spiro atoms. The third-order valence-corrected chi connectivity index (χ3v) is 5.80. The summed E-state index contributed by atoms with van der Waals surface area (Å²) >= 11 is 0. The zero-order chi connectivity index (χ0) is 28.4. The van der Waals surface area contributed by atoms with E-state index >= 15 is 0 Å². The van der Waals surface area contributed by atoms with Gasteiger partial charge in [0.1, 0.15) is 5.75 Å². The third kappa shape index (κ3) is 6.75. The Kier molecular flexibility index (Phi) is 10.1. The van der Waals surface area contributed by atoms with Gasteiger partial charge in [-0.1, -0.05) is 18.2 Å². The normalized spacial score (nSPS) is 10.8. The van der Waals surface area contributed by atoms with E-state index < -0.39 is 0 Å². The lowest BCUT2D eigenvalue weighted by atomic mass is 10.1. The molecular weight excluding hydrogens is 502 g/mol. The van der Waals surface area contributed by atoms with Crippen LogP contribution in [0.15, 0.2) is 54.7 Å². The first kappa shape index (κ1) is 28.8. The van der Waals surface area contributed by atoms with Crippen molar-refractivity contribution in [3.8, 4) is 40.2 Å². The highest BCUT2D eigenvalue weighted by Crippen LogP contribution is 2.39. The minimum atomic E-state index is -0.251. The largest absolute Gasteiger partial charge is 0.495 e. The van der Waals surface area contributed by atoms with Gasteiger partial charge >= 0.3 is 0 Å². The lowest BCUT2D eigenvalue weighted by molar-refractivity contribution is 0.104. The molecule has 9 heteroatoms. The van der Waals surface area contributed by atoms with E-state index in [2.05, 4.69) is 5.32 Å². The van der Waals surface area contributed by atoms with Crippen molar-refractivity contribution < 1.29 is 38.0 Å². The molecule has 0 radical (unpaired) electrons. The second-order valence-electron chi connectivity index (χ2n) is 8.01. The Bertz CT molecular complexity index is 1310. The van der Waals surface area contributed by atoms with Gasteiger partial charge in [-0.15, -0.1) is 0 Å². The molecule has 3 aromatic carbocycles. The maximum Gasteiger partial charge on any atom is 0.203 e. The first-order chi connectivity index (χ1) is 18.9. The molecule has 0 bridgehead atoms. The summed E-state index contributed by atoms with van der Waals surface area (Å²) in [4.78, 5) is 12.9. The number of carbonyl (C=O) groups is 1. The van der Waals surface area contributed by atoms with Crippen molar-refractivity contribution in [2.75, 3.05) is 55.1 Å². The second kappa shape index (κ2) is 13.7. The van der Waals surface area contributed by atoms with E-state index in [0.717, 1.165) is 11.1 Å². The summed E-state index contributed by atoms with van der Waals surface area (Å²) in [5, 5.41) is 3.13. The van der Waals surface area contributed by atoms with E-state index in [1.807, 2.05) is 42.5 Å². The van der Waals surface area contributed by atoms with E-state index in [9.17, 15) is 4.79 Å². The van der Waals surface area contributed by atoms with Gasteiger partial charge in [0.2, 0.25) is 11.5 Å². The molecule has 0 aliphatic heterocycles. The van der Waals surface area contributed by atoms with Gasteiger partial charge in [0.05, 0.1) is 55.5 Å². The van der Waals surface area contributed by atoms with Gasteiger partial charge in [-0.2, -0.15) is 0 Å². The van der Waals surface area contributed by atoms with E-state index in [1.54, 1.807) is 46.8 Å². The maximum absolute atomic E-state index is 12.9. The van der Waals surface area contributed by atoms with Crippen molar-refractivity contribution in [2.45, 2.75) is 0 Å². The molecule has 0 atom stereocenters. The number of ether oxygens (including phenoxy) is 7. The number of methoxy groups -OCH3 is 7. The van der Waals surface area contributed by atoms with Gasteiger partial charge in [0.15, 0.2) is 28.8 Å². The number of ketones is 1. The molecule has 1 N–H and O–H groups in total. The quantitative estimate of drug-likeness (QED) is 0.167. The van der Waals surface area contributed by atoms with Gasteiger partial charge in [0, 0.05) is 17.8 Å². The molecule has 0 saturated carbocycles. The molecular formula is C30H33NO8. The number of carbonyl (C=O) groups excluding carboxylic acids is 1. The van der Waals surface area contributed by atoms with Crippen molar-refractivity contribution >= 4 is 23.6 Å². The van der Waals surface area contributed by atoms with Crippen LogP contribution in [0.3, 0.4) is 0 Å². The lowest BCUT2D eigenvalue weighted by Gasteiger charge is -2.13. The monoisotopic (exact) mass is 535 g/mol. The summed E-state index contributed by atoms with van der Waals surface area (Å²) < 4.78 is 37.7.